The lowest BCUT2D eigenvalue weighted by atomic mass is 9.95. The topological polar surface area (TPSA) is 94.2 Å². The molecule has 10 nitrogen and oxygen atoms in total. The number of thioether (sulfide) groups is 1. The molecule has 3 aliphatic heterocycles. The molecule has 0 aliphatic carbocycles. The van der Waals surface area contributed by atoms with E-state index in [0.29, 0.717) is 26.4 Å². The average molecular weight is 908 g/mol. The van der Waals surface area contributed by atoms with Crippen LogP contribution in [0.2, 0.25) is 0 Å². The quantitative estimate of drug-likeness (QED) is 0.0782. The van der Waals surface area contributed by atoms with E-state index in [-0.39, 0.29) is 13.2 Å². The van der Waals surface area contributed by atoms with Crippen molar-refractivity contribution in [3.63, 3.8) is 0 Å². The van der Waals surface area contributed by atoms with E-state index in [1.807, 2.05) is 159 Å². The molecule has 3 saturated heterocycles. The Morgan fingerprint density at radius 1 is 0.545 bits per heavy atom. The zero-order valence-corrected chi connectivity index (χ0v) is 38.1. The third-order valence-corrected chi connectivity index (χ3v) is 13.3. The number of nitrogens with zero attached hydrogens (tertiary/aromatic N) is 1. The van der Waals surface area contributed by atoms with E-state index in [9.17, 15) is 4.79 Å². The van der Waals surface area contributed by atoms with E-state index in [2.05, 4.69) is 31.2 Å². The van der Waals surface area contributed by atoms with E-state index in [4.69, 9.17) is 37.9 Å². The summed E-state index contributed by atoms with van der Waals surface area (Å²) in [6, 6.07) is 57.9. The largest absolute Gasteiger partial charge is 0.441 e. The van der Waals surface area contributed by atoms with Crippen molar-refractivity contribution in [2.24, 2.45) is 0 Å². The molecule has 0 unspecified atom stereocenters. The molecule has 6 aromatic carbocycles. The SMILES string of the molecule is Cc1ccc(S[C@@H]2O[C@H](COCc3ccccc3)[C@@H](O[C@@H]3O[C@@H](C)[C@@H](OCc4ccccc4)[C@@H](OCc4ccccc4)[C@@H]3OCc3ccccc3)[C@@H]3OC(=O)N(Cc4ccccc4)[C@H]32)cc1. The Hall–Kier alpha value is -5.34. The summed E-state index contributed by atoms with van der Waals surface area (Å²) in [5.41, 5.74) is 5.61. The first-order chi connectivity index (χ1) is 32.4. The number of benzene rings is 6. The van der Waals surface area contributed by atoms with E-state index < -0.39 is 66.6 Å². The number of carbonyl (C=O) groups excluding carboxylic acids is 1. The number of rotatable bonds is 19. The molecule has 0 saturated carbocycles. The lowest BCUT2D eigenvalue weighted by Gasteiger charge is -2.49. The number of fused-ring (bicyclic) bond motifs is 1. The molecule has 0 aromatic heterocycles. The summed E-state index contributed by atoms with van der Waals surface area (Å²) in [5, 5.41) is 0. The van der Waals surface area contributed by atoms with Gasteiger partial charge in [-0.05, 0) is 53.8 Å². The Balaban J connectivity index is 1.07. The molecule has 3 aliphatic rings. The van der Waals surface area contributed by atoms with Gasteiger partial charge in [0.05, 0.1) is 39.1 Å². The Morgan fingerprint density at radius 3 is 1.58 bits per heavy atom. The van der Waals surface area contributed by atoms with Crippen molar-refractivity contribution in [1.29, 1.82) is 0 Å². The smallest absolute Gasteiger partial charge is 0.411 e. The second kappa shape index (κ2) is 22.4. The third-order valence-electron chi connectivity index (χ3n) is 12.2. The van der Waals surface area contributed by atoms with Crippen LogP contribution in [0.4, 0.5) is 4.79 Å². The Morgan fingerprint density at radius 2 is 1.03 bits per heavy atom. The molecule has 3 heterocycles. The van der Waals surface area contributed by atoms with Gasteiger partial charge in [-0.3, -0.25) is 4.90 Å². The van der Waals surface area contributed by atoms with Crippen molar-refractivity contribution < 1.29 is 42.7 Å². The summed E-state index contributed by atoms with van der Waals surface area (Å²) in [4.78, 5) is 17.0. The molecule has 10 atom stereocenters. The minimum atomic E-state index is -1.00. The van der Waals surface area contributed by atoms with Crippen LogP contribution in [0.5, 0.6) is 0 Å². The van der Waals surface area contributed by atoms with Gasteiger partial charge in [0.15, 0.2) is 12.4 Å². The van der Waals surface area contributed by atoms with Gasteiger partial charge in [0.25, 0.3) is 0 Å². The standard InChI is InChI=1S/C55H57NO9S/c1-38-28-30-45(31-29-38)66-54-47-50(65-55(57)56(47)32-40-18-8-3-9-19-40)49(46(63-54)37-58-33-41-20-10-4-11-21-41)64-53-52(61-36-44-26-16-7-17-27-44)51(60-35-43-24-14-6-15-25-43)48(39(2)62-53)59-34-42-22-12-5-13-23-42/h3-31,39,46-54H,32-37H2,1-2H3/t39-,46+,47+,48+,49+,50+,51+,52-,53-,54-/m0/s1. The number of amides is 1. The van der Waals surface area contributed by atoms with E-state index in [0.717, 1.165) is 38.3 Å². The Kier molecular flexibility index (Phi) is 15.6. The van der Waals surface area contributed by atoms with E-state index in [1.165, 1.54) is 0 Å². The number of aryl methyl sites for hydroxylation is 1. The molecule has 66 heavy (non-hydrogen) atoms. The number of hydrogen-bond donors (Lipinski definition) is 0. The zero-order chi connectivity index (χ0) is 45.1. The van der Waals surface area contributed by atoms with Crippen molar-refractivity contribution >= 4 is 17.9 Å². The van der Waals surface area contributed by atoms with Crippen molar-refractivity contribution in [3.8, 4) is 0 Å². The maximum Gasteiger partial charge on any atom is 0.411 e. The van der Waals surface area contributed by atoms with Gasteiger partial charge in [-0.15, -0.1) is 0 Å². The summed E-state index contributed by atoms with van der Waals surface area (Å²) in [6.45, 7) is 5.77. The van der Waals surface area contributed by atoms with Gasteiger partial charge in [-0.2, -0.15) is 0 Å². The number of carbonyl (C=O) groups is 1. The fourth-order valence-corrected chi connectivity index (χ4v) is 9.96. The maximum absolute atomic E-state index is 14.3. The highest BCUT2D eigenvalue weighted by Gasteiger charge is 2.59. The van der Waals surface area contributed by atoms with Crippen molar-refractivity contribution in [2.75, 3.05) is 6.61 Å². The maximum atomic E-state index is 14.3. The van der Waals surface area contributed by atoms with Gasteiger partial charge in [0.2, 0.25) is 0 Å². The molecule has 11 heteroatoms. The lowest BCUT2D eigenvalue weighted by molar-refractivity contribution is -0.345. The number of hydrogen-bond acceptors (Lipinski definition) is 10. The highest BCUT2D eigenvalue weighted by atomic mass is 32.2. The van der Waals surface area contributed by atoms with Gasteiger partial charge in [-0.1, -0.05) is 181 Å². The molecule has 0 bridgehead atoms. The summed E-state index contributed by atoms with van der Waals surface area (Å²) >= 11 is 1.56. The fourth-order valence-electron chi connectivity index (χ4n) is 8.76. The van der Waals surface area contributed by atoms with Gasteiger partial charge >= 0.3 is 6.09 Å². The second-order valence-electron chi connectivity index (χ2n) is 17.0. The van der Waals surface area contributed by atoms with Crippen LogP contribution in [0.25, 0.3) is 0 Å². The average Bonchev–Trinajstić information content (AvgIpc) is 3.68. The molecule has 0 spiro atoms. The third kappa shape index (κ3) is 11.6. The van der Waals surface area contributed by atoms with Gasteiger partial charge in [0.1, 0.15) is 42.0 Å². The van der Waals surface area contributed by atoms with E-state index in [1.54, 1.807) is 16.7 Å². The van der Waals surface area contributed by atoms with Crippen LogP contribution in [-0.2, 0) is 70.9 Å². The van der Waals surface area contributed by atoms with Crippen LogP contribution in [0, 0.1) is 6.92 Å². The minimum absolute atomic E-state index is 0.151. The zero-order valence-electron chi connectivity index (χ0n) is 37.3. The predicted molar refractivity (Wildman–Crippen MR) is 252 cm³/mol. The van der Waals surface area contributed by atoms with Crippen LogP contribution < -0.4 is 0 Å². The molecule has 0 N–H and O–H groups in total. The Labute approximate surface area is 392 Å². The minimum Gasteiger partial charge on any atom is -0.441 e. The molecule has 6 aromatic rings. The van der Waals surface area contributed by atoms with Crippen molar-refractivity contribution in [3.05, 3.63) is 209 Å². The van der Waals surface area contributed by atoms with Crippen LogP contribution in [-0.4, -0.2) is 78.1 Å². The van der Waals surface area contributed by atoms with Crippen LogP contribution in [0.1, 0.15) is 40.3 Å². The van der Waals surface area contributed by atoms with Gasteiger partial charge < -0.3 is 37.9 Å². The lowest BCUT2D eigenvalue weighted by Crippen LogP contribution is -2.65. The van der Waals surface area contributed by atoms with E-state index >= 15 is 0 Å². The second-order valence-corrected chi connectivity index (χ2v) is 18.2. The monoisotopic (exact) mass is 907 g/mol. The predicted octanol–water partition coefficient (Wildman–Crippen LogP) is 10.3. The highest BCUT2D eigenvalue weighted by Crippen LogP contribution is 2.43. The fraction of sp³-hybridized carbons (Fsp3) is 0.327. The van der Waals surface area contributed by atoms with Crippen LogP contribution >= 0.6 is 11.8 Å². The summed E-state index contributed by atoms with van der Waals surface area (Å²) in [5.74, 6) is 0. The van der Waals surface area contributed by atoms with Crippen LogP contribution in [0.3, 0.4) is 0 Å². The molecular weight excluding hydrogens is 851 g/mol. The molecule has 342 valence electrons. The summed E-state index contributed by atoms with van der Waals surface area (Å²) in [6.07, 6.45) is -6.25. The molecule has 3 fully saturated rings. The van der Waals surface area contributed by atoms with Crippen molar-refractivity contribution in [1.82, 2.24) is 4.90 Å². The molecular formula is C55H57NO9S. The summed E-state index contributed by atoms with van der Waals surface area (Å²) in [7, 11) is 0. The molecule has 1 amide bonds. The number of ether oxygens (including phenoxy) is 8. The summed E-state index contributed by atoms with van der Waals surface area (Å²) < 4.78 is 54.9. The first-order valence-electron chi connectivity index (χ1n) is 22.7. The molecule has 9 rings (SSSR count). The first kappa shape index (κ1) is 45.8. The highest BCUT2D eigenvalue weighted by molar-refractivity contribution is 7.99. The first-order valence-corrected chi connectivity index (χ1v) is 23.6. The normalized spacial score (nSPS) is 26.2. The van der Waals surface area contributed by atoms with Gasteiger partial charge in [-0.25, -0.2) is 4.79 Å². The van der Waals surface area contributed by atoms with Crippen molar-refractivity contribution in [2.45, 2.75) is 112 Å². The van der Waals surface area contributed by atoms with Crippen LogP contribution in [0.15, 0.2) is 181 Å². The Bertz CT molecular complexity index is 2380. The molecule has 0 radical (unpaired) electrons. The van der Waals surface area contributed by atoms with Gasteiger partial charge in [0, 0.05) is 11.4 Å².